The molecule has 0 atom stereocenters. The third-order valence-corrected chi connectivity index (χ3v) is 4.06. The van der Waals surface area contributed by atoms with Crippen LogP contribution < -0.4 is 4.74 Å². The minimum absolute atomic E-state index is 0.231. The molecule has 0 spiro atoms. The van der Waals surface area contributed by atoms with Crippen LogP contribution in [0.5, 0.6) is 5.75 Å². The molecule has 0 aliphatic carbocycles. The normalized spacial score (nSPS) is 13.4. The van der Waals surface area contributed by atoms with E-state index in [1.807, 2.05) is 21.6 Å². The molecule has 0 saturated carbocycles. The van der Waals surface area contributed by atoms with E-state index < -0.39 is 0 Å². The van der Waals surface area contributed by atoms with Gasteiger partial charge in [-0.25, -0.2) is 9.36 Å². The monoisotopic (exact) mass is 309 g/mol. The van der Waals surface area contributed by atoms with E-state index in [9.17, 15) is 0 Å². The summed E-state index contributed by atoms with van der Waals surface area (Å²) in [5, 5.41) is 9.03. The fourth-order valence-electron chi connectivity index (χ4n) is 2.93. The summed E-state index contributed by atoms with van der Waals surface area (Å²) in [5.74, 6) is 1.66. The Morgan fingerprint density at radius 1 is 1.22 bits per heavy atom. The van der Waals surface area contributed by atoms with Gasteiger partial charge in [-0.1, -0.05) is 11.6 Å². The minimum Gasteiger partial charge on any atom is -0.493 e. The molecule has 6 heteroatoms. The standard InChI is InChI=1S/C17H19N5O/c1-11(2)22-17(18-10-19-22)21-9-14-13-8-12(3)4-5-16(13)23-7-6-15(14)20-21/h4-5,8-11H,6-7H2,1-3H3. The Morgan fingerprint density at radius 3 is 2.91 bits per heavy atom. The molecular formula is C17H19N5O. The molecule has 0 N–H and O–H groups in total. The molecule has 0 amide bonds. The summed E-state index contributed by atoms with van der Waals surface area (Å²) in [5.41, 5.74) is 4.45. The molecule has 23 heavy (non-hydrogen) atoms. The van der Waals surface area contributed by atoms with Crippen LogP contribution >= 0.6 is 0 Å². The highest BCUT2D eigenvalue weighted by molar-refractivity contribution is 5.73. The van der Waals surface area contributed by atoms with Crippen LogP contribution in [0.1, 0.15) is 31.1 Å². The number of benzene rings is 1. The molecule has 0 bridgehead atoms. The topological polar surface area (TPSA) is 57.8 Å². The third kappa shape index (κ3) is 2.30. The quantitative estimate of drug-likeness (QED) is 0.730. The average Bonchev–Trinajstić information content (AvgIpc) is 3.12. The number of hydrogen-bond acceptors (Lipinski definition) is 4. The van der Waals surface area contributed by atoms with Crippen molar-refractivity contribution in [3.8, 4) is 22.8 Å². The zero-order valence-corrected chi connectivity index (χ0v) is 13.5. The summed E-state index contributed by atoms with van der Waals surface area (Å²) in [4.78, 5) is 4.37. The van der Waals surface area contributed by atoms with E-state index in [0.717, 1.165) is 34.9 Å². The van der Waals surface area contributed by atoms with Gasteiger partial charge in [0.05, 0.1) is 18.3 Å². The Labute approximate surface area is 134 Å². The molecule has 3 aromatic rings. The molecule has 0 radical (unpaired) electrons. The Kier molecular flexibility index (Phi) is 3.18. The smallest absolute Gasteiger partial charge is 0.249 e. The van der Waals surface area contributed by atoms with Gasteiger partial charge in [0, 0.05) is 23.7 Å². The molecule has 0 fully saturated rings. The van der Waals surface area contributed by atoms with Crippen LogP contribution in [0.2, 0.25) is 0 Å². The minimum atomic E-state index is 0.231. The van der Waals surface area contributed by atoms with Crippen molar-refractivity contribution in [2.45, 2.75) is 33.2 Å². The first-order valence-electron chi connectivity index (χ1n) is 7.85. The highest BCUT2D eigenvalue weighted by Gasteiger charge is 2.21. The lowest BCUT2D eigenvalue weighted by atomic mass is 10.0. The lowest BCUT2D eigenvalue weighted by molar-refractivity contribution is 0.324. The molecule has 2 aromatic heterocycles. The van der Waals surface area contributed by atoms with E-state index in [2.05, 4.69) is 43.0 Å². The van der Waals surface area contributed by atoms with Crippen LogP contribution in [0, 0.1) is 6.92 Å². The lowest BCUT2D eigenvalue weighted by Gasteiger charge is -2.09. The molecule has 4 rings (SSSR count). The number of ether oxygens (including phenoxy) is 1. The van der Waals surface area contributed by atoms with Gasteiger partial charge in [0.25, 0.3) is 0 Å². The summed E-state index contributed by atoms with van der Waals surface area (Å²) in [6.07, 6.45) is 4.39. The zero-order valence-electron chi connectivity index (χ0n) is 13.5. The van der Waals surface area contributed by atoms with E-state index in [4.69, 9.17) is 9.84 Å². The highest BCUT2D eigenvalue weighted by atomic mass is 16.5. The van der Waals surface area contributed by atoms with Gasteiger partial charge in [-0.2, -0.15) is 15.2 Å². The van der Waals surface area contributed by atoms with Crippen LogP contribution in [-0.2, 0) is 6.42 Å². The second-order valence-electron chi connectivity index (χ2n) is 6.13. The van der Waals surface area contributed by atoms with Gasteiger partial charge in [0.15, 0.2) is 0 Å². The van der Waals surface area contributed by atoms with Gasteiger partial charge in [0.1, 0.15) is 12.1 Å². The van der Waals surface area contributed by atoms with Gasteiger partial charge in [-0.05, 0) is 32.9 Å². The molecule has 0 unspecified atom stereocenters. The van der Waals surface area contributed by atoms with Crippen molar-refractivity contribution < 1.29 is 4.74 Å². The second kappa shape index (κ2) is 5.22. The molecule has 1 aliphatic heterocycles. The van der Waals surface area contributed by atoms with Crippen molar-refractivity contribution in [1.82, 2.24) is 24.5 Å². The summed E-state index contributed by atoms with van der Waals surface area (Å²) in [7, 11) is 0. The van der Waals surface area contributed by atoms with Crippen molar-refractivity contribution in [3.05, 3.63) is 42.0 Å². The van der Waals surface area contributed by atoms with E-state index in [1.54, 1.807) is 6.33 Å². The zero-order chi connectivity index (χ0) is 16.0. The van der Waals surface area contributed by atoms with E-state index >= 15 is 0 Å². The van der Waals surface area contributed by atoms with Crippen LogP contribution in [-0.4, -0.2) is 31.2 Å². The van der Waals surface area contributed by atoms with E-state index in [0.29, 0.717) is 6.61 Å². The molecule has 118 valence electrons. The van der Waals surface area contributed by atoms with Gasteiger partial charge < -0.3 is 4.74 Å². The first-order chi connectivity index (χ1) is 11.1. The maximum Gasteiger partial charge on any atom is 0.249 e. The first-order valence-corrected chi connectivity index (χ1v) is 7.85. The molecule has 1 aliphatic rings. The second-order valence-corrected chi connectivity index (χ2v) is 6.13. The van der Waals surface area contributed by atoms with Gasteiger partial charge >= 0.3 is 0 Å². The predicted molar refractivity (Wildman–Crippen MR) is 86.9 cm³/mol. The molecule has 1 aromatic carbocycles. The number of fused-ring (bicyclic) bond motifs is 3. The fraction of sp³-hybridized carbons (Fsp3) is 0.353. The Morgan fingerprint density at radius 2 is 2.09 bits per heavy atom. The van der Waals surface area contributed by atoms with Crippen LogP contribution in [0.15, 0.2) is 30.7 Å². The fourth-order valence-corrected chi connectivity index (χ4v) is 2.93. The van der Waals surface area contributed by atoms with E-state index in [-0.39, 0.29) is 6.04 Å². The van der Waals surface area contributed by atoms with Gasteiger partial charge in [-0.15, -0.1) is 0 Å². The highest BCUT2D eigenvalue weighted by Crippen LogP contribution is 2.36. The van der Waals surface area contributed by atoms with Gasteiger partial charge in [0.2, 0.25) is 5.95 Å². The van der Waals surface area contributed by atoms with Crippen molar-refractivity contribution in [2.24, 2.45) is 0 Å². The van der Waals surface area contributed by atoms with Crippen molar-refractivity contribution in [1.29, 1.82) is 0 Å². The Balaban J connectivity index is 1.87. The number of rotatable bonds is 2. The first kappa shape index (κ1) is 14.0. The Hall–Kier alpha value is -2.63. The lowest BCUT2D eigenvalue weighted by Crippen LogP contribution is -2.11. The van der Waals surface area contributed by atoms with Crippen molar-refractivity contribution in [3.63, 3.8) is 0 Å². The third-order valence-electron chi connectivity index (χ3n) is 4.06. The maximum atomic E-state index is 5.85. The number of aromatic nitrogens is 5. The number of hydrogen-bond donors (Lipinski definition) is 0. The number of aryl methyl sites for hydroxylation is 1. The van der Waals surface area contributed by atoms with Crippen LogP contribution in [0.4, 0.5) is 0 Å². The summed E-state index contributed by atoms with van der Waals surface area (Å²) < 4.78 is 9.56. The van der Waals surface area contributed by atoms with E-state index in [1.165, 1.54) is 5.56 Å². The van der Waals surface area contributed by atoms with Crippen LogP contribution in [0.25, 0.3) is 17.1 Å². The SMILES string of the molecule is Cc1ccc2c(c1)-c1cn(-c3ncnn3C(C)C)nc1CCO2. The van der Waals surface area contributed by atoms with Crippen molar-refractivity contribution >= 4 is 0 Å². The summed E-state index contributed by atoms with van der Waals surface area (Å²) in [6.45, 7) is 6.89. The summed E-state index contributed by atoms with van der Waals surface area (Å²) >= 11 is 0. The molecule has 0 saturated heterocycles. The molecule has 3 heterocycles. The molecular weight excluding hydrogens is 290 g/mol. The van der Waals surface area contributed by atoms with Gasteiger partial charge in [-0.3, -0.25) is 0 Å². The maximum absolute atomic E-state index is 5.85. The average molecular weight is 309 g/mol. The number of nitrogens with zero attached hydrogens (tertiary/aromatic N) is 5. The predicted octanol–water partition coefficient (Wildman–Crippen LogP) is 2.96. The van der Waals surface area contributed by atoms with Crippen molar-refractivity contribution in [2.75, 3.05) is 6.61 Å². The Bertz CT molecular complexity index is 862. The van der Waals surface area contributed by atoms with Crippen LogP contribution in [0.3, 0.4) is 0 Å². The summed E-state index contributed by atoms with van der Waals surface area (Å²) in [6, 6.07) is 6.49. The largest absolute Gasteiger partial charge is 0.493 e. The molecule has 6 nitrogen and oxygen atoms in total.